The van der Waals surface area contributed by atoms with Gasteiger partial charge in [0.2, 0.25) is 0 Å². The van der Waals surface area contributed by atoms with Crippen LogP contribution in [0.1, 0.15) is 11.3 Å². The van der Waals surface area contributed by atoms with Gasteiger partial charge in [-0.05, 0) is 40.5 Å². The van der Waals surface area contributed by atoms with Crippen LogP contribution in [0, 0.1) is 12.7 Å². The summed E-state index contributed by atoms with van der Waals surface area (Å²) < 4.78 is 15.4. The summed E-state index contributed by atoms with van der Waals surface area (Å²) >= 11 is 3.11. The molecule has 0 atom stereocenters. The minimum absolute atomic E-state index is 0.278. The third-order valence-corrected chi connectivity index (χ3v) is 2.89. The quantitative estimate of drug-likeness (QED) is 0.921. The minimum Gasteiger partial charge on any atom is -0.384 e. The molecule has 0 aliphatic heterocycles. The van der Waals surface area contributed by atoms with E-state index >= 15 is 0 Å². The molecule has 5 heteroatoms. The predicted molar refractivity (Wildman–Crippen MR) is 64.6 cm³/mol. The van der Waals surface area contributed by atoms with Crippen molar-refractivity contribution in [2.45, 2.75) is 13.5 Å². The molecule has 0 unspecified atom stereocenters. The van der Waals surface area contributed by atoms with Crippen molar-refractivity contribution in [1.82, 2.24) is 9.78 Å². The molecule has 2 aromatic rings. The number of hydrogen-bond donors (Lipinski definition) is 1. The number of anilines is 1. The number of nitrogen functional groups attached to an aromatic ring is 1. The molecule has 0 fully saturated rings. The zero-order valence-corrected chi connectivity index (χ0v) is 10.3. The first kappa shape index (κ1) is 11.1. The van der Waals surface area contributed by atoms with Crippen LogP contribution in [0.3, 0.4) is 0 Å². The van der Waals surface area contributed by atoms with Crippen molar-refractivity contribution in [1.29, 1.82) is 0 Å². The summed E-state index contributed by atoms with van der Waals surface area (Å²) in [5.74, 6) is 0.306. The summed E-state index contributed by atoms with van der Waals surface area (Å²) in [5.41, 5.74) is 7.44. The van der Waals surface area contributed by atoms with E-state index in [0.717, 1.165) is 11.3 Å². The average molecular weight is 284 g/mol. The van der Waals surface area contributed by atoms with E-state index in [1.807, 2.05) is 13.0 Å². The van der Waals surface area contributed by atoms with Crippen LogP contribution in [0.25, 0.3) is 0 Å². The molecule has 0 bridgehead atoms. The lowest BCUT2D eigenvalue weighted by Gasteiger charge is -2.05. The van der Waals surface area contributed by atoms with Crippen LogP contribution in [0.4, 0.5) is 10.2 Å². The van der Waals surface area contributed by atoms with Crippen molar-refractivity contribution < 1.29 is 4.39 Å². The Morgan fingerprint density at radius 3 is 2.75 bits per heavy atom. The Morgan fingerprint density at radius 2 is 2.19 bits per heavy atom. The van der Waals surface area contributed by atoms with Crippen molar-refractivity contribution in [2.75, 3.05) is 5.73 Å². The van der Waals surface area contributed by atoms with Crippen molar-refractivity contribution in [2.24, 2.45) is 0 Å². The van der Waals surface area contributed by atoms with Crippen molar-refractivity contribution in [3.05, 3.63) is 45.8 Å². The van der Waals surface area contributed by atoms with Crippen molar-refractivity contribution in [3.63, 3.8) is 0 Å². The highest BCUT2D eigenvalue weighted by atomic mass is 79.9. The molecule has 2 N–H and O–H groups in total. The highest BCUT2D eigenvalue weighted by Crippen LogP contribution is 2.17. The van der Waals surface area contributed by atoms with E-state index < -0.39 is 0 Å². The Bertz CT molecular complexity index is 522. The van der Waals surface area contributed by atoms with Crippen molar-refractivity contribution >= 4 is 21.7 Å². The van der Waals surface area contributed by atoms with Gasteiger partial charge in [-0.2, -0.15) is 5.10 Å². The van der Waals surface area contributed by atoms with Gasteiger partial charge in [0, 0.05) is 6.07 Å². The Hall–Kier alpha value is -1.36. The van der Waals surface area contributed by atoms with E-state index in [2.05, 4.69) is 21.0 Å². The first-order valence-corrected chi connectivity index (χ1v) is 5.59. The van der Waals surface area contributed by atoms with Gasteiger partial charge in [-0.15, -0.1) is 0 Å². The maximum absolute atomic E-state index is 13.3. The fourth-order valence-corrected chi connectivity index (χ4v) is 1.75. The smallest absolute Gasteiger partial charge is 0.137 e. The second kappa shape index (κ2) is 4.25. The molecule has 0 saturated carbocycles. The number of nitrogens with two attached hydrogens (primary N) is 1. The van der Waals surface area contributed by atoms with Crippen LogP contribution < -0.4 is 5.73 Å². The summed E-state index contributed by atoms with van der Waals surface area (Å²) in [6, 6.07) is 6.77. The van der Waals surface area contributed by atoms with E-state index in [-0.39, 0.29) is 5.82 Å². The fraction of sp³-hybridized carbons (Fsp3) is 0.182. The predicted octanol–water partition coefficient (Wildman–Crippen LogP) is 2.72. The highest BCUT2D eigenvalue weighted by molar-refractivity contribution is 9.10. The van der Waals surface area contributed by atoms with E-state index in [1.165, 1.54) is 6.07 Å². The van der Waals surface area contributed by atoms with Crippen LogP contribution in [0.2, 0.25) is 0 Å². The SMILES string of the molecule is Cc1cc(N)n(Cc2ccc(Br)c(F)c2)n1. The summed E-state index contributed by atoms with van der Waals surface area (Å²) in [5, 5.41) is 4.22. The molecular weight excluding hydrogens is 273 g/mol. The highest BCUT2D eigenvalue weighted by Gasteiger charge is 2.05. The molecule has 16 heavy (non-hydrogen) atoms. The lowest BCUT2D eigenvalue weighted by molar-refractivity contribution is 0.613. The number of hydrogen-bond acceptors (Lipinski definition) is 2. The zero-order chi connectivity index (χ0) is 11.7. The summed E-state index contributed by atoms with van der Waals surface area (Å²) in [6.07, 6.45) is 0. The Labute approximate surface area is 101 Å². The van der Waals surface area contributed by atoms with Crippen LogP contribution in [0.5, 0.6) is 0 Å². The second-order valence-corrected chi connectivity index (χ2v) is 4.47. The monoisotopic (exact) mass is 283 g/mol. The normalized spacial score (nSPS) is 10.7. The lowest BCUT2D eigenvalue weighted by Crippen LogP contribution is -2.06. The van der Waals surface area contributed by atoms with Gasteiger partial charge >= 0.3 is 0 Å². The average Bonchev–Trinajstić information content (AvgIpc) is 2.51. The van der Waals surface area contributed by atoms with Crippen LogP contribution in [0.15, 0.2) is 28.7 Å². The molecular formula is C11H11BrFN3. The molecule has 0 aliphatic rings. The summed E-state index contributed by atoms with van der Waals surface area (Å²) in [6.45, 7) is 2.35. The number of halogens is 2. The number of aryl methyl sites for hydroxylation is 1. The van der Waals surface area contributed by atoms with Crippen molar-refractivity contribution in [3.8, 4) is 0 Å². The van der Waals surface area contributed by atoms with Gasteiger partial charge in [0.1, 0.15) is 11.6 Å². The lowest BCUT2D eigenvalue weighted by atomic mass is 10.2. The molecule has 0 radical (unpaired) electrons. The molecule has 0 amide bonds. The first-order valence-electron chi connectivity index (χ1n) is 4.80. The molecule has 1 aromatic carbocycles. The Morgan fingerprint density at radius 1 is 1.44 bits per heavy atom. The number of nitrogens with zero attached hydrogens (tertiary/aromatic N) is 2. The number of benzene rings is 1. The van der Waals surface area contributed by atoms with E-state index in [4.69, 9.17) is 5.73 Å². The van der Waals surface area contributed by atoms with E-state index in [0.29, 0.717) is 16.8 Å². The van der Waals surface area contributed by atoms with Gasteiger partial charge in [0.15, 0.2) is 0 Å². The molecule has 1 aromatic heterocycles. The summed E-state index contributed by atoms with van der Waals surface area (Å²) in [4.78, 5) is 0. The first-order chi connectivity index (χ1) is 7.56. The van der Waals surface area contributed by atoms with E-state index in [1.54, 1.807) is 16.8 Å². The Kier molecular flexibility index (Phi) is 2.96. The third-order valence-electron chi connectivity index (χ3n) is 2.25. The fourth-order valence-electron chi connectivity index (χ4n) is 1.50. The van der Waals surface area contributed by atoms with Gasteiger partial charge in [0.05, 0.1) is 16.7 Å². The van der Waals surface area contributed by atoms with Crippen LogP contribution in [-0.4, -0.2) is 9.78 Å². The number of rotatable bonds is 2. The second-order valence-electron chi connectivity index (χ2n) is 3.62. The maximum atomic E-state index is 13.3. The van der Waals surface area contributed by atoms with Gasteiger partial charge < -0.3 is 5.73 Å². The van der Waals surface area contributed by atoms with Gasteiger partial charge in [-0.3, -0.25) is 0 Å². The van der Waals surface area contributed by atoms with Gasteiger partial charge in [0.25, 0.3) is 0 Å². The topological polar surface area (TPSA) is 43.8 Å². The standard InChI is InChI=1S/C11H11BrFN3/c1-7-4-11(14)16(15-7)6-8-2-3-9(12)10(13)5-8/h2-5H,6,14H2,1H3. The molecule has 84 valence electrons. The number of aromatic nitrogens is 2. The zero-order valence-electron chi connectivity index (χ0n) is 8.74. The molecule has 3 nitrogen and oxygen atoms in total. The van der Waals surface area contributed by atoms with Crippen LogP contribution >= 0.6 is 15.9 Å². The maximum Gasteiger partial charge on any atom is 0.137 e. The largest absolute Gasteiger partial charge is 0.384 e. The molecule has 1 heterocycles. The molecule has 2 rings (SSSR count). The summed E-state index contributed by atoms with van der Waals surface area (Å²) in [7, 11) is 0. The third kappa shape index (κ3) is 2.24. The Balaban J connectivity index is 2.27. The molecule has 0 aliphatic carbocycles. The molecule has 0 saturated heterocycles. The molecule has 0 spiro atoms. The van der Waals surface area contributed by atoms with E-state index in [9.17, 15) is 4.39 Å². The van der Waals surface area contributed by atoms with Gasteiger partial charge in [-0.25, -0.2) is 9.07 Å². The van der Waals surface area contributed by atoms with Crippen LogP contribution in [-0.2, 0) is 6.54 Å². The minimum atomic E-state index is -0.278. The van der Waals surface area contributed by atoms with Gasteiger partial charge in [-0.1, -0.05) is 6.07 Å².